The van der Waals surface area contributed by atoms with Gasteiger partial charge in [0, 0.05) is 7.05 Å². The molecule has 2 aromatic carbocycles. The van der Waals surface area contributed by atoms with Crippen LogP contribution in [-0.4, -0.2) is 24.1 Å². The summed E-state index contributed by atoms with van der Waals surface area (Å²) in [5, 5.41) is 0.599. The zero-order valence-electron chi connectivity index (χ0n) is 13.4. The summed E-state index contributed by atoms with van der Waals surface area (Å²) in [5.74, 6) is 1.37. The van der Waals surface area contributed by atoms with E-state index in [2.05, 4.69) is 16.9 Å². The van der Waals surface area contributed by atoms with Crippen molar-refractivity contribution in [1.29, 1.82) is 0 Å². The molecule has 1 unspecified atom stereocenters. The minimum atomic E-state index is -0.126. The molecule has 5 nitrogen and oxygen atoms in total. The molecule has 0 aliphatic carbocycles. The second-order valence-corrected chi connectivity index (χ2v) is 5.47. The molecule has 0 aliphatic rings. The van der Waals surface area contributed by atoms with Gasteiger partial charge in [0.2, 0.25) is 5.95 Å². The Kier molecular flexibility index (Phi) is 4.02. The molecule has 5 heteroatoms. The number of fused-ring (bicyclic) bond motifs is 1. The number of rotatable bonds is 4. The molecule has 0 bridgehead atoms. The van der Waals surface area contributed by atoms with Gasteiger partial charge in [0.25, 0.3) is 5.56 Å². The van der Waals surface area contributed by atoms with Crippen LogP contribution in [-0.2, 0) is 0 Å². The van der Waals surface area contributed by atoms with Crippen LogP contribution in [0.3, 0.4) is 0 Å². The Morgan fingerprint density at radius 1 is 1.13 bits per heavy atom. The van der Waals surface area contributed by atoms with Gasteiger partial charge >= 0.3 is 0 Å². The highest BCUT2D eigenvalue weighted by molar-refractivity contribution is 5.78. The van der Waals surface area contributed by atoms with E-state index in [1.807, 2.05) is 54.4 Å². The highest BCUT2D eigenvalue weighted by atomic mass is 16.5. The zero-order valence-corrected chi connectivity index (χ0v) is 13.4. The molecule has 1 aromatic heterocycles. The van der Waals surface area contributed by atoms with Crippen LogP contribution in [0.2, 0.25) is 0 Å². The Labute approximate surface area is 134 Å². The molecule has 0 saturated carbocycles. The highest BCUT2D eigenvalue weighted by Crippen LogP contribution is 2.24. The first-order valence-electron chi connectivity index (χ1n) is 7.46. The first-order chi connectivity index (χ1) is 11.1. The number of hydrogen-bond acceptors (Lipinski definition) is 4. The molecule has 0 aliphatic heterocycles. The maximum atomic E-state index is 12.2. The lowest BCUT2D eigenvalue weighted by Gasteiger charge is -2.26. The van der Waals surface area contributed by atoms with Gasteiger partial charge in [0.1, 0.15) is 5.75 Å². The number of H-pyrrole nitrogens is 1. The average molecular weight is 309 g/mol. The smallest absolute Gasteiger partial charge is 0.260 e. The van der Waals surface area contributed by atoms with Gasteiger partial charge in [0.05, 0.1) is 24.1 Å². The predicted molar refractivity (Wildman–Crippen MR) is 92.2 cm³/mol. The van der Waals surface area contributed by atoms with Crippen molar-refractivity contribution in [3.05, 3.63) is 64.4 Å². The van der Waals surface area contributed by atoms with Crippen molar-refractivity contribution in [2.75, 3.05) is 19.1 Å². The Hall–Kier alpha value is -2.82. The first kappa shape index (κ1) is 15.1. The van der Waals surface area contributed by atoms with Crippen molar-refractivity contribution in [2.24, 2.45) is 0 Å². The summed E-state index contributed by atoms with van der Waals surface area (Å²) >= 11 is 0. The lowest BCUT2D eigenvalue weighted by molar-refractivity contribution is 0.414. The van der Waals surface area contributed by atoms with Crippen molar-refractivity contribution in [1.82, 2.24) is 9.97 Å². The van der Waals surface area contributed by atoms with Crippen LogP contribution in [0.1, 0.15) is 18.5 Å². The van der Waals surface area contributed by atoms with Crippen LogP contribution in [0.5, 0.6) is 5.75 Å². The minimum Gasteiger partial charge on any atom is -0.497 e. The Balaban J connectivity index is 1.95. The molecule has 1 N–H and O–H groups in total. The van der Waals surface area contributed by atoms with Gasteiger partial charge in [-0.1, -0.05) is 24.3 Å². The number of anilines is 1. The van der Waals surface area contributed by atoms with E-state index in [0.717, 1.165) is 11.3 Å². The van der Waals surface area contributed by atoms with Gasteiger partial charge < -0.3 is 9.64 Å². The Bertz CT molecular complexity index is 871. The summed E-state index contributed by atoms with van der Waals surface area (Å²) in [5.41, 5.74) is 1.68. The highest BCUT2D eigenvalue weighted by Gasteiger charge is 2.15. The monoisotopic (exact) mass is 309 g/mol. The van der Waals surface area contributed by atoms with Gasteiger partial charge in [-0.3, -0.25) is 9.78 Å². The summed E-state index contributed by atoms with van der Waals surface area (Å²) in [6, 6.07) is 15.3. The van der Waals surface area contributed by atoms with Gasteiger partial charge in [0.15, 0.2) is 0 Å². The molecule has 0 saturated heterocycles. The van der Waals surface area contributed by atoms with Crippen LogP contribution in [0, 0.1) is 0 Å². The summed E-state index contributed by atoms with van der Waals surface area (Å²) in [4.78, 5) is 21.6. The fraction of sp³-hybridized carbons (Fsp3) is 0.222. The number of para-hydroxylation sites is 1. The number of ether oxygens (including phenoxy) is 1. The summed E-state index contributed by atoms with van der Waals surface area (Å²) in [6.07, 6.45) is 0. The summed E-state index contributed by atoms with van der Waals surface area (Å²) in [6.45, 7) is 2.07. The number of aromatic nitrogens is 2. The SMILES string of the molecule is COc1ccc(C(C)N(C)c2nc3ccccc3c(=O)[nH]2)cc1. The normalized spacial score (nSPS) is 12.1. The molecule has 0 spiro atoms. The van der Waals surface area contributed by atoms with E-state index in [-0.39, 0.29) is 11.6 Å². The number of hydrogen-bond donors (Lipinski definition) is 1. The van der Waals surface area contributed by atoms with Crippen LogP contribution >= 0.6 is 0 Å². The molecule has 1 atom stereocenters. The quantitative estimate of drug-likeness (QED) is 0.804. The van der Waals surface area contributed by atoms with E-state index < -0.39 is 0 Å². The van der Waals surface area contributed by atoms with E-state index in [1.54, 1.807) is 13.2 Å². The first-order valence-corrected chi connectivity index (χ1v) is 7.46. The van der Waals surface area contributed by atoms with Crippen molar-refractivity contribution in [2.45, 2.75) is 13.0 Å². The van der Waals surface area contributed by atoms with Crippen molar-refractivity contribution in [3.63, 3.8) is 0 Å². The number of benzene rings is 2. The van der Waals surface area contributed by atoms with E-state index in [0.29, 0.717) is 16.9 Å². The molecular weight excluding hydrogens is 290 g/mol. The number of nitrogens with zero attached hydrogens (tertiary/aromatic N) is 2. The fourth-order valence-electron chi connectivity index (χ4n) is 2.53. The van der Waals surface area contributed by atoms with E-state index >= 15 is 0 Å². The minimum absolute atomic E-state index is 0.0604. The van der Waals surface area contributed by atoms with Crippen molar-refractivity contribution in [3.8, 4) is 5.75 Å². The molecule has 0 fully saturated rings. The van der Waals surface area contributed by atoms with Crippen molar-refractivity contribution >= 4 is 16.9 Å². The second kappa shape index (κ2) is 6.12. The molecule has 3 rings (SSSR count). The van der Waals surface area contributed by atoms with Gasteiger partial charge in [-0.05, 0) is 36.8 Å². The number of aromatic amines is 1. The number of methoxy groups -OCH3 is 1. The molecule has 23 heavy (non-hydrogen) atoms. The third kappa shape index (κ3) is 2.90. The van der Waals surface area contributed by atoms with Crippen molar-refractivity contribution < 1.29 is 4.74 Å². The maximum absolute atomic E-state index is 12.2. The summed E-state index contributed by atoms with van der Waals surface area (Å²) in [7, 11) is 3.57. The van der Waals surface area contributed by atoms with Gasteiger partial charge in [-0.25, -0.2) is 4.98 Å². The lowest BCUT2D eigenvalue weighted by Crippen LogP contribution is -2.26. The van der Waals surface area contributed by atoms with E-state index in [9.17, 15) is 4.79 Å². The average Bonchev–Trinajstić information content (AvgIpc) is 2.60. The lowest BCUT2D eigenvalue weighted by atomic mass is 10.1. The van der Waals surface area contributed by atoms with Crippen LogP contribution in [0.15, 0.2) is 53.3 Å². The standard InChI is InChI=1S/C18H19N3O2/c1-12(13-8-10-14(23-3)11-9-13)21(2)18-19-16-7-5-4-6-15(16)17(22)20-18/h4-12H,1-3H3,(H,19,20,22). The van der Waals surface area contributed by atoms with Crippen LogP contribution in [0.25, 0.3) is 10.9 Å². The Morgan fingerprint density at radius 2 is 1.83 bits per heavy atom. The summed E-state index contributed by atoms with van der Waals surface area (Å²) < 4.78 is 5.18. The number of nitrogens with one attached hydrogen (secondary N) is 1. The molecule has 1 heterocycles. The predicted octanol–water partition coefficient (Wildman–Crippen LogP) is 3.13. The molecule has 0 amide bonds. The topological polar surface area (TPSA) is 58.2 Å². The zero-order chi connectivity index (χ0) is 16.4. The Morgan fingerprint density at radius 3 is 2.52 bits per heavy atom. The van der Waals surface area contributed by atoms with E-state index in [4.69, 9.17) is 4.74 Å². The van der Waals surface area contributed by atoms with Crippen LogP contribution < -0.4 is 15.2 Å². The maximum Gasteiger partial charge on any atom is 0.260 e. The van der Waals surface area contributed by atoms with Gasteiger partial charge in [-0.15, -0.1) is 0 Å². The largest absolute Gasteiger partial charge is 0.497 e. The fourth-order valence-corrected chi connectivity index (χ4v) is 2.53. The van der Waals surface area contributed by atoms with Gasteiger partial charge in [-0.2, -0.15) is 0 Å². The van der Waals surface area contributed by atoms with E-state index in [1.165, 1.54) is 0 Å². The molecular formula is C18H19N3O2. The molecule has 3 aromatic rings. The molecule has 118 valence electrons. The third-order valence-corrected chi connectivity index (χ3v) is 4.11. The second-order valence-electron chi connectivity index (χ2n) is 5.47. The third-order valence-electron chi connectivity index (χ3n) is 4.11. The molecule has 0 radical (unpaired) electrons. The van der Waals surface area contributed by atoms with Crippen LogP contribution in [0.4, 0.5) is 5.95 Å².